The molecule has 0 heterocycles. The summed E-state index contributed by atoms with van der Waals surface area (Å²) in [4.78, 5) is 11.8. The molecule has 1 amide bonds. The van der Waals surface area contributed by atoms with Gasteiger partial charge in [0.05, 0.1) is 12.1 Å². The van der Waals surface area contributed by atoms with Gasteiger partial charge in [-0.15, -0.1) is 0 Å². The molecule has 0 fully saturated rings. The van der Waals surface area contributed by atoms with Crippen LogP contribution in [0.5, 0.6) is 17.2 Å². The SMILES string of the molecule is CCCC(=O)Nc1cc(C)c(Oc2ccc(OC)c(C(C)C)c2)c(Cl)c1. The summed E-state index contributed by atoms with van der Waals surface area (Å²) >= 11 is 6.40. The van der Waals surface area contributed by atoms with Crippen LogP contribution in [0.3, 0.4) is 0 Å². The Morgan fingerprint density at radius 2 is 1.96 bits per heavy atom. The van der Waals surface area contributed by atoms with Crippen molar-refractivity contribution in [1.29, 1.82) is 0 Å². The third-order valence-electron chi connectivity index (χ3n) is 4.03. The van der Waals surface area contributed by atoms with Gasteiger partial charge < -0.3 is 14.8 Å². The molecular weight excluding hydrogens is 350 g/mol. The zero-order valence-electron chi connectivity index (χ0n) is 16.0. The van der Waals surface area contributed by atoms with Crippen molar-refractivity contribution >= 4 is 23.2 Å². The summed E-state index contributed by atoms with van der Waals surface area (Å²) in [5, 5.41) is 3.32. The number of anilines is 1. The molecule has 0 aliphatic rings. The van der Waals surface area contributed by atoms with Crippen molar-refractivity contribution in [2.45, 2.75) is 46.5 Å². The lowest BCUT2D eigenvalue weighted by atomic mass is 10.0. The van der Waals surface area contributed by atoms with E-state index in [0.29, 0.717) is 34.5 Å². The average Bonchev–Trinajstić information content (AvgIpc) is 2.58. The Hall–Kier alpha value is -2.20. The number of ether oxygens (including phenoxy) is 2. The Kier molecular flexibility index (Phi) is 6.92. The standard InChI is InChI=1S/C21H26ClNO3/c1-6-7-20(24)23-15-10-14(4)21(18(22)11-15)26-16-8-9-19(25-5)17(12-16)13(2)3/h8-13H,6-7H2,1-5H3,(H,23,24). The highest BCUT2D eigenvalue weighted by molar-refractivity contribution is 6.32. The first-order valence-corrected chi connectivity index (χ1v) is 9.19. The summed E-state index contributed by atoms with van der Waals surface area (Å²) in [6.07, 6.45) is 1.29. The fourth-order valence-corrected chi connectivity index (χ4v) is 3.03. The monoisotopic (exact) mass is 375 g/mol. The van der Waals surface area contributed by atoms with Crippen LogP contribution in [0, 0.1) is 6.92 Å². The van der Waals surface area contributed by atoms with E-state index >= 15 is 0 Å². The van der Waals surface area contributed by atoms with Crippen LogP contribution in [-0.2, 0) is 4.79 Å². The van der Waals surface area contributed by atoms with E-state index in [0.717, 1.165) is 23.3 Å². The summed E-state index contributed by atoms with van der Waals surface area (Å²) in [5.74, 6) is 2.40. The van der Waals surface area contributed by atoms with Crippen LogP contribution < -0.4 is 14.8 Å². The number of hydrogen-bond acceptors (Lipinski definition) is 3. The van der Waals surface area contributed by atoms with E-state index in [1.165, 1.54) is 0 Å². The Bertz CT molecular complexity index is 764. The van der Waals surface area contributed by atoms with Crippen molar-refractivity contribution in [2.75, 3.05) is 12.4 Å². The number of halogens is 1. The van der Waals surface area contributed by atoms with Crippen LogP contribution in [0.25, 0.3) is 0 Å². The molecule has 0 saturated carbocycles. The van der Waals surface area contributed by atoms with Gasteiger partial charge in [-0.3, -0.25) is 4.79 Å². The molecule has 0 bridgehead atoms. The maximum atomic E-state index is 11.8. The molecule has 0 saturated heterocycles. The first-order valence-electron chi connectivity index (χ1n) is 8.81. The van der Waals surface area contributed by atoms with Gasteiger partial charge in [0.25, 0.3) is 0 Å². The predicted molar refractivity (Wildman–Crippen MR) is 107 cm³/mol. The maximum Gasteiger partial charge on any atom is 0.224 e. The second-order valence-electron chi connectivity index (χ2n) is 6.56. The van der Waals surface area contributed by atoms with Gasteiger partial charge in [-0.2, -0.15) is 0 Å². The van der Waals surface area contributed by atoms with Crippen LogP contribution in [0.2, 0.25) is 5.02 Å². The van der Waals surface area contributed by atoms with E-state index < -0.39 is 0 Å². The largest absolute Gasteiger partial charge is 0.496 e. The molecule has 2 aromatic carbocycles. The molecule has 2 rings (SSSR count). The Morgan fingerprint density at radius 1 is 1.23 bits per heavy atom. The predicted octanol–water partition coefficient (Wildman–Crippen LogP) is 6.31. The van der Waals surface area contributed by atoms with Gasteiger partial charge in [-0.1, -0.05) is 32.4 Å². The number of carbonyl (C=O) groups excluding carboxylic acids is 1. The number of aryl methyl sites for hydroxylation is 1. The first-order chi connectivity index (χ1) is 12.3. The van der Waals surface area contributed by atoms with Gasteiger partial charge in [0.2, 0.25) is 5.91 Å². The molecule has 4 nitrogen and oxygen atoms in total. The highest BCUT2D eigenvalue weighted by Gasteiger charge is 2.13. The maximum absolute atomic E-state index is 11.8. The molecule has 0 atom stereocenters. The Balaban J connectivity index is 2.27. The van der Waals surface area contributed by atoms with Crippen LogP contribution in [-0.4, -0.2) is 13.0 Å². The summed E-state index contributed by atoms with van der Waals surface area (Å²) in [6.45, 7) is 8.08. The van der Waals surface area contributed by atoms with Gasteiger partial charge in [0.15, 0.2) is 0 Å². The number of methoxy groups -OCH3 is 1. The minimum Gasteiger partial charge on any atom is -0.496 e. The van der Waals surface area contributed by atoms with E-state index in [2.05, 4.69) is 19.2 Å². The summed E-state index contributed by atoms with van der Waals surface area (Å²) in [6, 6.07) is 9.30. The quantitative estimate of drug-likeness (QED) is 0.616. The smallest absolute Gasteiger partial charge is 0.224 e. The van der Waals surface area contributed by atoms with Crippen LogP contribution >= 0.6 is 11.6 Å². The lowest BCUT2D eigenvalue weighted by molar-refractivity contribution is -0.116. The van der Waals surface area contributed by atoms with Crippen molar-refractivity contribution in [3.63, 3.8) is 0 Å². The van der Waals surface area contributed by atoms with Crippen LogP contribution in [0.1, 0.15) is 50.7 Å². The number of hydrogen-bond donors (Lipinski definition) is 1. The minimum absolute atomic E-state index is 0.0200. The topological polar surface area (TPSA) is 47.6 Å². The van der Waals surface area contributed by atoms with Gasteiger partial charge in [-0.05, 0) is 55.2 Å². The summed E-state index contributed by atoms with van der Waals surface area (Å²) in [5.41, 5.74) is 2.60. The lowest BCUT2D eigenvalue weighted by Crippen LogP contribution is -2.10. The fourth-order valence-electron chi connectivity index (χ4n) is 2.73. The van der Waals surface area contributed by atoms with Gasteiger partial charge >= 0.3 is 0 Å². The number of carbonyl (C=O) groups is 1. The second-order valence-corrected chi connectivity index (χ2v) is 6.97. The molecule has 5 heteroatoms. The van der Waals surface area contributed by atoms with Crippen molar-refractivity contribution in [1.82, 2.24) is 0 Å². The molecule has 0 radical (unpaired) electrons. The average molecular weight is 376 g/mol. The van der Waals surface area contributed by atoms with Crippen molar-refractivity contribution in [3.8, 4) is 17.2 Å². The van der Waals surface area contributed by atoms with Crippen molar-refractivity contribution < 1.29 is 14.3 Å². The van der Waals surface area contributed by atoms with E-state index in [4.69, 9.17) is 21.1 Å². The van der Waals surface area contributed by atoms with Crippen molar-refractivity contribution in [2.24, 2.45) is 0 Å². The number of amides is 1. The fraction of sp³-hybridized carbons (Fsp3) is 0.381. The molecule has 0 unspecified atom stereocenters. The normalized spacial score (nSPS) is 10.7. The molecular formula is C21H26ClNO3. The third kappa shape index (κ3) is 4.92. The molecule has 0 aromatic heterocycles. The molecule has 0 aliphatic carbocycles. The molecule has 0 aliphatic heterocycles. The van der Waals surface area contributed by atoms with Crippen LogP contribution in [0.15, 0.2) is 30.3 Å². The summed E-state index contributed by atoms with van der Waals surface area (Å²) < 4.78 is 11.4. The lowest BCUT2D eigenvalue weighted by Gasteiger charge is -2.16. The molecule has 26 heavy (non-hydrogen) atoms. The zero-order valence-corrected chi connectivity index (χ0v) is 16.7. The van der Waals surface area contributed by atoms with Crippen molar-refractivity contribution in [3.05, 3.63) is 46.5 Å². The van der Waals surface area contributed by atoms with Gasteiger partial charge in [0.1, 0.15) is 17.2 Å². The number of rotatable bonds is 7. The summed E-state index contributed by atoms with van der Waals surface area (Å²) in [7, 11) is 1.66. The molecule has 0 spiro atoms. The first kappa shape index (κ1) is 20.1. The van der Waals surface area contributed by atoms with E-state index in [-0.39, 0.29) is 5.91 Å². The zero-order chi connectivity index (χ0) is 19.3. The van der Waals surface area contributed by atoms with E-state index in [1.54, 1.807) is 13.2 Å². The molecule has 2 aromatic rings. The highest BCUT2D eigenvalue weighted by Crippen LogP contribution is 2.37. The molecule has 140 valence electrons. The van der Waals surface area contributed by atoms with Crippen LogP contribution in [0.4, 0.5) is 5.69 Å². The Morgan fingerprint density at radius 3 is 2.54 bits per heavy atom. The number of nitrogens with one attached hydrogen (secondary N) is 1. The Labute approximate surface area is 160 Å². The second kappa shape index (κ2) is 8.95. The highest BCUT2D eigenvalue weighted by atomic mass is 35.5. The number of benzene rings is 2. The van der Waals surface area contributed by atoms with Gasteiger partial charge in [0, 0.05) is 17.7 Å². The van der Waals surface area contributed by atoms with E-state index in [9.17, 15) is 4.79 Å². The third-order valence-corrected chi connectivity index (χ3v) is 4.31. The van der Waals surface area contributed by atoms with Gasteiger partial charge in [-0.25, -0.2) is 0 Å². The van der Waals surface area contributed by atoms with E-state index in [1.807, 2.05) is 38.1 Å². The minimum atomic E-state index is -0.0200. The molecule has 1 N–H and O–H groups in total.